The number of benzene rings is 2. The fourth-order valence-corrected chi connectivity index (χ4v) is 4.01. The summed E-state index contributed by atoms with van der Waals surface area (Å²) in [5.41, 5.74) is 4.34. The van der Waals surface area contributed by atoms with Crippen LogP contribution in [0.5, 0.6) is 0 Å². The van der Waals surface area contributed by atoms with Crippen LogP contribution in [0.4, 0.5) is 5.69 Å². The Bertz CT molecular complexity index is 874. The third kappa shape index (κ3) is 5.42. The Kier molecular flexibility index (Phi) is 7.15. The van der Waals surface area contributed by atoms with Crippen molar-refractivity contribution in [1.29, 1.82) is 0 Å². The molecule has 144 valence electrons. The molecule has 1 amide bonds. The minimum absolute atomic E-state index is 0.247. The lowest BCUT2D eigenvalue weighted by Crippen LogP contribution is -2.38. The monoisotopic (exact) mass is 387 g/mol. The van der Waals surface area contributed by atoms with Crippen molar-refractivity contribution in [3.8, 4) is 0 Å². The fraction of sp³-hybridized carbons (Fsp3) is 0.250. The Morgan fingerprint density at radius 3 is 2.15 bits per heavy atom. The molecular weight excluding hydrogens is 362 g/mol. The maximum atomic E-state index is 12.5. The molecule has 0 heterocycles. The van der Waals surface area contributed by atoms with Crippen LogP contribution in [0.1, 0.15) is 19.4 Å². The van der Waals surface area contributed by atoms with Crippen molar-refractivity contribution < 1.29 is 13.2 Å². The van der Waals surface area contributed by atoms with Crippen LogP contribution in [0.3, 0.4) is 0 Å². The Hall–Kier alpha value is -2.64. The molecule has 0 aliphatic rings. The lowest BCUT2D eigenvalue weighted by atomic mass is 10.2. The van der Waals surface area contributed by atoms with E-state index >= 15 is 0 Å². The molecule has 0 radical (unpaired) electrons. The zero-order valence-corrected chi connectivity index (χ0v) is 16.6. The predicted molar refractivity (Wildman–Crippen MR) is 109 cm³/mol. The van der Waals surface area contributed by atoms with Crippen LogP contribution in [0.2, 0.25) is 0 Å². The highest BCUT2D eigenvalue weighted by atomic mass is 32.2. The molecule has 0 saturated heterocycles. The third-order valence-electron chi connectivity index (χ3n) is 4.07. The second-order valence-corrected chi connectivity index (χ2v) is 7.80. The van der Waals surface area contributed by atoms with E-state index in [2.05, 4.69) is 5.43 Å². The molecule has 0 bridgehead atoms. The quantitative estimate of drug-likeness (QED) is 0.559. The highest BCUT2D eigenvalue weighted by Crippen LogP contribution is 2.16. The molecule has 0 aliphatic heterocycles. The molecular formula is C20H25N3O3S. The van der Waals surface area contributed by atoms with Gasteiger partial charge in [-0.05, 0) is 35.9 Å². The number of nitrogens with one attached hydrogen (secondary N) is 1. The average molecular weight is 388 g/mol. The number of carbonyl (C=O) groups is 1. The van der Waals surface area contributed by atoms with Crippen molar-refractivity contribution in [3.63, 3.8) is 0 Å². The van der Waals surface area contributed by atoms with Crippen LogP contribution in [-0.2, 0) is 14.8 Å². The van der Waals surface area contributed by atoms with Crippen LogP contribution in [0.25, 0.3) is 6.08 Å². The van der Waals surface area contributed by atoms with Gasteiger partial charge in [-0.1, -0.05) is 44.2 Å². The van der Waals surface area contributed by atoms with Crippen molar-refractivity contribution in [2.45, 2.75) is 18.7 Å². The summed E-state index contributed by atoms with van der Waals surface area (Å²) in [6.07, 6.45) is 3.05. The molecule has 0 unspecified atom stereocenters. The summed E-state index contributed by atoms with van der Waals surface area (Å²) in [6.45, 7) is 4.47. The number of rotatable bonds is 8. The standard InChI is InChI=1S/C20H25N3O3S/c1-4-23(5-2)27(25,26)19-14-11-17(12-15-19)13-16-20(24)21-22(3)18-9-7-6-8-10-18/h6-16H,4-5H2,1-3H3,(H,21,24)/b16-13+. The molecule has 2 aromatic rings. The zero-order valence-electron chi connectivity index (χ0n) is 15.8. The maximum absolute atomic E-state index is 12.5. The molecule has 0 atom stereocenters. The summed E-state index contributed by atoms with van der Waals surface area (Å²) in [5.74, 6) is -0.277. The Balaban J connectivity index is 2.02. The molecule has 7 heteroatoms. The van der Waals surface area contributed by atoms with E-state index in [1.807, 2.05) is 44.2 Å². The first-order chi connectivity index (χ1) is 12.9. The number of carbonyl (C=O) groups excluding carboxylic acids is 1. The minimum Gasteiger partial charge on any atom is -0.288 e. The highest BCUT2D eigenvalue weighted by molar-refractivity contribution is 7.89. The smallest absolute Gasteiger partial charge is 0.262 e. The second kappa shape index (κ2) is 9.34. The van der Waals surface area contributed by atoms with E-state index in [0.717, 1.165) is 11.3 Å². The third-order valence-corrected chi connectivity index (χ3v) is 6.14. The summed E-state index contributed by atoms with van der Waals surface area (Å²) in [4.78, 5) is 12.3. The fourth-order valence-electron chi connectivity index (χ4n) is 2.55. The predicted octanol–water partition coefficient (Wildman–Crippen LogP) is 2.90. The number of hydrogen-bond acceptors (Lipinski definition) is 4. The van der Waals surface area contributed by atoms with Crippen LogP contribution >= 0.6 is 0 Å². The topological polar surface area (TPSA) is 69.7 Å². The van der Waals surface area contributed by atoms with E-state index < -0.39 is 10.0 Å². The van der Waals surface area contributed by atoms with Gasteiger partial charge in [0.1, 0.15) is 0 Å². The molecule has 0 saturated carbocycles. The van der Waals surface area contributed by atoms with Gasteiger partial charge in [0.05, 0.1) is 10.6 Å². The van der Waals surface area contributed by atoms with Gasteiger partial charge in [0, 0.05) is 26.2 Å². The first-order valence-electron chi connectivity index (χ1n) is 8.76. The second-order valence-electron chi connectivity index (χ2n) is 5.86. The molecule has 2 rings (SSSR count). The summed E-state index contributed by atoms with van der Waals surface area (Å²) in [6, 6.07) is 15.9. The first-order valence-corrected chi connectivity index (χ1v) is 10.2. The van der Waals surface area contributed by atoms with Crippen LogP contribution in [0, 0.1) is 0 Å². The summed E-state index contributed by atoms with van der Waals surface area (Å²) >= 11 is 0. The van der Waals surface area contributed by atoms with Gasteiger partial charge in [0.25, 0.3) is 5.91 Å². The van der Waals surface area contributed by atoms with E-state index in [1.165, 1.54) is 10.4 Å². The van der Waals surface area contributed by atoms with Crippen molar-refractivity contribution in [1.82, 2.24) is 9.73 Å². The van der Waals surface area contributed by atoms with Crippen LogP contribution in [0.15, 0.2) is 65.6 Å². The van der Waals surface area contributed by atoms with Crippen molar-refractivity contribution in [2.24, 2.45) is 0 Å². The maximum Gasteiger partial charge on any atom is 0.262 e. The van der Waals surface area contributed by atoms with Gasteiger partial charge < -0.3 is 0 Å². The van der Waals surface area contributed by atoms with Gasteiger partial charge in [0.2, 0.25) is 10.0 Å². The van der Waals surface area contributed by atoms with Crippen LogP contribution < -0.4 is 10.4 Å². The summed E-state index contributed by atoms with van der Waals surface area (Å²) in [5, 5.41) is 1.63. The Labute approximate surface area is 161 Å². The van der Waals surface area contributed by atoms with E-state index in [0.29, 0.717) is 13.1 Å². The number of para-hydroxylation sites is 1. The van der Waals surface area contributed by atoms with Crippen molar-refractivity contribution in [2.75, 3.05) is 25.1 Å². The Morgan fingerprint density at radius 1 is 1.00 bits per heavy atom. The minimum atomic E-state index is -3.47. The lowest BCUT2D eigenvalue weighted by molar-refractivity contribution is -0.116. The Morgan fingerprint density at radius 2 is 1.59 bits per heavy atom. The molecule has 1 N–H and O–H groups in total. The van der Waals surface area contributed by atoms with Crippen molar-refractivity contribution >= 4 is 27.7 Å². The molecule has 2 aromatic carbocycles. The molecule has 0 fully saturated rings. The van der Waals surface area contributed by atoms with Gasteiger partial charge in [-0.15, -0.1) is 0 Å². The molecule has 27 heavy (non-hydrogen) atoms. The van der Waals surface area contributed by atoms with Gasteiger partial charge in [-0.25, -0.2) is 8.42 Å². The van der Waals surface area contributed by atoms with Crippen molar-refractivity contribution in [3.05, 3.63) is 66.2 Å². The van der Waals surface area contributed by atoms with Crippen LogP contribution in [-0.4, -0.2) is 38.8 Å². The number of hydrazine groups is 1. The van der Waals surface area contributed by atoms with Gasteiger partial charge in [-0.3, -0.25) is 15.2 Å². The number of nitrogens with zero attached hydrogens (tertiary/aromatic N) is 2. The molecule has 0 aliphatic carbocycles. The zero-order chi connectivity index (χ0) is 19.9. The SMILES string of the molecule is CCN(CC)S(=O)(=O)c1ccc(/C=C/C(=O)NN(C)c2ccccc2)cc1. The number of hydrogen-bond donors (Lipinski definition) is 1. The largest absolute Gasteiger partial charge is 0.288 e. The van der Waals surface area contributed by atoms with E-state index in [1.54, 1.807) is 42.4 Å². The van der Waals surface area contributed by atoms with Gasteiger partial charge in [0.15, 0.2) is 0 Å². The number of anilines is 1. The van der Waals surface area contributed by atoms with E-state index in [9.17, 15) is 13.2 Å². The van der Waals surface area contributed by atoms with Gasteiger partial charge >= 0.3 is 0 Å². The molecule has 0 aromatic heterocycles. The first kappa shape index (κ1) is 20.7. The summed E-state index contributed by atoms with van der Waals surface area (Å²) in [7, 11) is -1.71. The number of amides is 1. The van der Waals surface area contributed by atoms with E-state index in [4.69, 9.17) is 0 Å². The molecule has 6 nitrogen and oxygen atoms in total. The van der Waals surface area contributed by atoms with E-state index in [-0.39, 0.29) is 10.8 Å². The average Bonchev–Trinajstić information content (AvgIpc) is 2.68. The highest BCUT2D eigenvalue weighted by Gasteiger charge is 2.20. The normalized spacial score (nSPS) is 11.7. The molecule has 0 spiro atoms. The lowest BCUT2D eigenvalue weighted by Gasteiger charge is -2.19. The van der Waals surface area contributed by atoms with Gasteiger partial charge in [-0.2, -0.15) is 4.31 Å². The summed E-state index contributed by atoms with van der Waals surface area (Å²) < 4.78 is 26.3. The number of sulfonamides is 1.